The summed E-state index contributed by atoms with van der Waals surface area (Å²) in [5.74, 6) is -5.95. The molecule has 0 bridgehead atoms. The topological polar surface area (TPSA) is 190 Å². The molecule has 0 unspecified atom stereocenters. The molecule has 1 aromatic carbocycles. The van der Waals surface area contributed by atoms with Gasteiger partial charge in [-0.2, -0.15) is 0 Å². The maximum Gasteiger partial charge on any atom is 0.334 e. The van der Waals surface area contributed by atoms with E-state index in [4.69, 9.17) is 14.2 Å². The molecule has 15 nitrogen and oxygen atoms in total. The van der Waals surface area contributed by atoms with Crippen LogP contribution in [0.2, 0.25) is 0 Å². The zero-order valence-electron chi connectivity index (χ0n) is 39.2. The Morgan fingerprint density at radius 1 is 0.937 bits per heavy atom. The molecule has 1 aromatic rings. The lowest BCUT2D eigenvalue weighted by Crippen LogP contribution is -2.57. The zero-order chi connectivity index (χ0) is 47.7. The fourth-order valence-electron chi connectivity index (χ4n) is 6.92. The van der Waals surface area contributed by atoms with E-state index < -0.39 is 108 Å². The highest BCUT2D eigenvalue weighted by molar-refractivity contribution is 7.98. The predicted octanol–water partition coefficient (Wildman–Crippen LogP) is 4.72. The number of benzene rings is 1. The highest BCUT2D eigenvalue weighted by Gasteiger charge is 2.37. The van der Waals surface area contributed by atoms with Crippen LogP contribution in [0, 0.1) is 23.6 Å². The Morgan fingerprint density at radius 2 is 1.56 bits per heavy atom. The van der Waals surface area contributed by atoms with Gasteiger partial charge in [0.15, 0.2) is 6.10 Å². The number of hydrogen-bond donors (Lipinski definition) is 3. The summed E-state index contributed by atoms with van der Waals surface area (Å²) in [6.45, 7) is 16.8. The first-order chi connectivity index (χ1) is 29.6. The quantitative estimate of drug-likeness (QED) is 0.167. The zero-order valence-corrected chi connectivity index (χ0v) is 40.1. The average Bonchev–Trinajstić information content (AvgIpc) is 3.24. The van der Waals surface area contributed by atoms with Crippen molar-refractivity contribution in [3.05, 3.63) is 58.9 Å². The molecule has 0 saturated carbocycles. The third kappa shape index (κ3) is 16.7. The van der Waals surface area contributed by atoms with Crippen LogP contribution >= 0.6 is 11.8 Å². The summed E-state index contributed by atoms with van der Waals surface area (Å²) in [6.07, 6.45) is 3.47. The summed E-state index contributed by atoms with van der Waals surface area (Å²) in [4.78, 5) is 98.8. The minimum absolute atomic E-state index is 0.0740. The van der Waals surface area contributed by atoms with Gasteiger partial charge < -0.3 is 40.0 Å². The largest absolute Gasteiger partial charge is 0.456 e. The van der Waals surface area contributed by atoms with Crippen LogP contribution in [0.3, 0.4) is 0 Å². The summed E-state index contributed by atoms with van der Waals surface area (Å²) in [5.41, 5.74) is 1.44. The fraction of sp³-hybridized carbons (Fsp3) is 0.630. The number of cyclic esters (lactones) is 2. The Balaban J connectivity index is 2.69. The van der Waals surface area contributed by atoms with Crippen LogP contribution in [0.4, 0.5) is 4.39 Å². The number of allylic oxidation sites excluding steroid dienone is 1. The molecule has 0 aliphatic carbocycles. The van der Waals surface area contributed by atoms with Crippen molar-refractivity contribution in [3.63, 3.8) is 0 Å². The van der Waals surface area contributed by atoms with Crippen LogP contribution in [-0.2, 0) is 54.2 Å². The van der Waals surface area contributed by atoms with E-state index in [1.54, 1.807) is 19.9 Å². The second kappa shape index (κ2) is 26.1. The van der Waals surface area contributed by atoms with E-state index >= 15 is 0 Å². The number of thioether (sulfide) groups is 1. The van der Waals surface area contributed by atoms with Gasteiger partial charge in [0.1, 0.15) is 36.1 Å². The average molecular weight is 904 g/mol. The lowest BCUT2D eigenvalue weighted by atomic mass is 9.90. The number of esters is 2. The normalized spacial score (nSPS) is 27.8. The minimum atomic E-state index is -1.27. The summed E-state index contributed by atoms with van der Waals surface area (Å²) in [6, 6.07) is 0.738. The lowest BCUT2D eigenvalue weighted by Gasteiger charge is -2.33. The van der Waals surface area contributed by atoms with Crippen molar-refractivity contribution in [1.82, 2.24) is 25.8 Å². The summed E-state index contributed by atoms with van der Waals surface area (Å²) in [5, 5.41) is 8.07. The molecule has 0 fully saturated rings. The van der Waals surface area contributed by atoms with E-state index in [2.05, 4.69) is 16.0 Å². The van der Waals surface area contributed by atoms with Gasteiger partial charge in [-0.25, -0.2) is 14.0 Å². The van der Waals surface area contributed by atoms with E-state index in [-0.39, 0.29) is 30.8 Å². The SMILES string of the molecule is C/C=C(\C)[C@H]1OC(=O)[C@@H](C)NC(=O)[C@H]([C@H](C)CC)NC(=O)CN(C)C(=O)[C@@H](Cc2ccc(F)cc2)N(C)C(=O)[C@H](C)NC(=O)[C@@H](CC(C)C)OC(=O)/C(C)=C/C[C@H](OCSC)[C@@H]1C. The highest BCUT2D eigenvalue weighted by atomic mass is 32.2. The summed E-state index contributed by atoms with van der Waals surface area (Å²) < 4.78 is 31.9. The Bertz CT molecular complexity index is 1810. The maximum absolute atomic E-state index is 14.2. The van der Waals surface area contributed by atoms with Gasteiger partial charge in [0.05, 0.1) is 18.6 Å². The molecule has 1 heterocycles. The van der Waals surface area contributed by atoms with Crippen LogP contribution < -0.4 is 16.0 Å². The fourth-order valence-corrected chi connectivity index (χ4v) is 7.23. The van der Waals surface area contributed by atoms with Gasteiger partial charge in [-0.3, -0.25) is 24.0 Å². The van der Waals surface area contributed by atoms with Crippen molar-refractivity contribution in [2.24, 2.45) is 17.8 Å². The van der Waals surface area contributed by atoms with Crippen LogP contribution in [0.25, 0.3) is 0 Å². The lowest BCUT2D eigenvalue weighted by molar-refractivity contribution is -0.155. The smallest absolute Gasteiger partial charge is 0.334 e. The van der Waals surface area contributed by atoms with E-state index in [0.717, 1.165) is 15.4 Å². The van der Waals surface area contributed by atoms with Gasteiger partial charge >= 0.3 is 11.9 Å². The number of likely N-dealkylation sites (N-methyl/N-ethyl adjacent to an activating group) is 2. The molecule has 0 saturated heterocycles. The van der Waals surface area contributed by atoms with E-state index in [9.17, 15) is 38.0 Å². The molecule has 1 aliphatic heterocycles. The molecule has 63 heavy (non-hydrogen) atoms. The second-order valence-electron chi connectivity index (χ2n) is 16.9. The number of carbonyl (C=O) groups excluding carboxylic acids is 7. The molecule has 3 N–H and O–H groups in total. The van der Waals surface area contributed by atoms with Gasteiger partial charge in [0.2, 0.25) is 23.6 Å². The molecule has 9 atom stereocenters. The van der Waals surface area contributed by atoms with Gasteiger partial charge in [-0.1, -0.05) is 65.3 Å². The number of amides is 5. The number of nitrogens with zero attached hydrogens (tertiary/aromatic N) is 2. The first kappa shape index (κ1) is 54.4. The van der Waals surface area contributed by atoms with E-state index in [0.29, 0.717) is 17.9 Å². The highest BCUT2D eigenvalue weighted by Crippen LogP contribution is 2.26. The van der Waals surface area contributed by atoms with E-state index in [1.165, 1.54) is 64.0 Å². The standard InChI is InChI=1S/C46H70FN5O10S/c1-14-27(5)39-42(55)49-32(10)46(59)62-40(28(6)15-2)30(8)36(60-25-63-13)21-16-29(7)45(58)61-37(22-26(3)4)41(54)48-31(9)43(56)52(12)35(23-33-17-19-34(47)20-18-33)44(57)51(11)24-38(53)50-39/h15-20,26-27,30-32,35-37,39-40H,14,21-25H2,1-13H3,(H,48,54)(H,49,55)(H,50,53)/b28-15+,29-16+/t27-,30+,31+,32-,35-,36+,37-,39+,40-/m1/s1. The Kier molecular flexibility index (Phi) is 22.5. The molecule has 0 radical (unpaired) electrons. The van der Waals surface area contributed by atoms with Crippen LogP contribution in [0.5, 0.6) is 0 Å². The number of rotatable bonds is 10. The number of nitrogens with one attached hydrogen (secondary N) is 3. The third-order valence-corrected chi connectivity index (χ3v) is 11.6. The maximum atomic E-state index is 14.2. The van der Waals surface area contributed by atoms with Crippen molar-refractivity contribution < 1.29 is 52.2 Å². The molecule has 0 spiro atoms. The van der Waals surface area contributed by atoms with Crippen molar-refractivity contribution in [1.29, 1.82) is 0 Å². The molecule has 17 heteroatoms. The molecule has 352 valence electrons. The molecular formula is C46H70FN5O10S. The third-order valence-electron chi connectivity index (χ3n) is 11.3. The molecule has 5 amide bonds. The molecular weight excluding hydrogens is 834 g/mol. The minimum Gasteiger partial charge on any atom is -0.456 e. The van der Waals surface area contributed by atoms with Crippen molar-refractivity contribution in [3.8, 4) is 0 Å². The first-order valence-electron chi connectivity index (χ1n) is 21.5. The summed E-state index contributed by atoms with van der Waals surface area (Å²) in [7, 11) is 2.75. The van der Waals surface area contributed by atoms with Crippen LogP contribution in [0.1, 0.15) is 94.1 Å². The van der Waals surface area contributed by atoms with Gasteiger partial charge in [0.25, 0.3) is 5.91 Å². The van der Waals surface area contributed by atoms with Crippen molar-refractivity contribution in [2.45, 2.75) is 137 Å². The van der Waals surface area contributed by atoms with Gasteiger partial charge in [-0.15, -0.1) is 11.8 Å². The van der Waals surface area contributed by atoms with Crippen LogP contribution in [0.15, 0.2) is 47.6 Å². The van der Waals surface area contributed by atoms with Gasteiger partial charge in [-0.05, 0) is 88.8 Å². The Labute approximate surface area is 377 Å². The van der Waals surface area contributed by atoms with Gasteiger partial charge in [0, 0.05) is 32.0 Å². The first-order valence-corrected chi connectivity index (χ1v) is 22.9. The Hall–Kier alpha value is -4.77. The molecule has 0 aromatic heterocycles. The number of ether oxygens (including phenoxy) is 3. The number of halogens is 1. The number of hydrogen-bond acceptors (Lipinski definition) is 11. The van der Waals surface area contributed by atoms with Crippen LogP contribution in [-0.4, -0.2) is 127 Å². The predicted molar refractivity (Wildman–Crippen MR) is 240 cm³/mol. The molecule has 2 rings (SSSR count). The van der Waals surface area contributed by atoms with E-state index in [1.807, 2.05) is 53.9 Å². The number of carbonyl (C=O) groups is 7. The molecule has 1 aliphatic rings. The van der Waals surface area contributed by atoms with Crippen molar-refractivity contribution >= 4 is 53.2 Å². The van der Waals surface area contributed by atoms with Crippen molar-refractivity contribution in [2.75, 3.05) is 32.8 Å². The monoisotopic (exact) mass is 903 g/mol. The Morgan fingerprint density at radius 3 is 2.13 bits per heavy atom. The second-order valence-corrected chi connectivity index (χ2v) is 17.7. The summed E-state index contributed by atoms with van der Waals surface area (Å²) >= 11 is 1.45.